The van der Waals surface area contributed by atoms with Gasteiger partial charge in [0.25, 0.3) is 0 Å². The minimum atomic E-state index is -0.218. The Labute approximate surface area is 150 Å². The molecule has 1 aliphatic heterocycles. The molecular formula is C17H21N5O2S. The van der Waals surface area contributed by atoms with Crippen molar-refractivity contribution in [2.45, 2.75) is 31.8 Å². The molecule has 0 bridgehead atoms. The van der Waals surface area contributed by atoms with Crippen LogP contribution in [-0.2, 0) is 16.1 Å². The lowest BCUT2D eigenvalue weighted by Crippen LogP contribution is -2.37. The summed E-state index contributed by atoms with van der Waals surface area (Å²) in [6.07, 6.45) is 1.27. The Bertz CT molecular complexity index is 692. The van der Waals surface area contributed by atoms with Crippen molar-refractivity contribution < 1.29 is 9.59 Å². The lowest BCUT2D eigenvalue weighted by molar-refractivity contribution is -0.124. The van der Waals surface area contributed by atoms with Gasteiger partial charge in [0, 0.05) is 38.5 Å². The molecule has 2 heterocycles. The Hall–Kier alpha value is -2.32. The molecule has 0 radical (unpaired) electrons. The van der Waals surface area contributed by atoms with Crippen LogP contribution in [0.15, 0.2) is 35.8 Å². The number of aromatic nitrogens is 2. The van der Waals surface area contributed by atoms with E-state index in [9.17, 15) is 9.59 Å². The smallest absolute Gasteiger partial charge is 0.226 e. The fourth-order valence-corrected chi connectivity index (χ4v) is 3.33. The quantitative estimate of drug-likeness (QED) is 0.785. The summed E-state index contributed by atoms with van der Waals surface area (Å²) >= 11 is 1.25. The largest absolute Gasteiger partial charge is 0.352 e. The molecule has 1 fully saturated rings. The number of nitrogens with zero attached hydrogens (tertiary/aromatic N) is 3. The molecule has 0 aliphatic carbocycles. The number of hydrogen-bond donors (Lipinski definition) is 2. The molecule has 0 spiro atoms. The predicted octanol–water partition coefficient (Wildman–Crippen LogP) is 1.65. The standard InChI is InChI=1S/C17H21N5O2S/c23-15(6-7-16(24)20-17-21-18-12-25-17)19-14-8-9-22(11-14)10-13-4-2-1-3-5-13/h1-5,12,14H,6-11H2,(H,19,23)(H,20,21,24). The van der Waals surface area contributed by atoms with Gasteiger partial charge in [-0.1, -0.05) is 41.7 Å². The minimum absolute atomic E-state index is 0.0843. The van der Waals surface area contributed by atoms with Crippen LogP contribution < -0.4 is 10.6 Å². The number of likely N-dealkylation sites (tertiary alicyclic amines) is 1. The number of carbonyl (C=O) groups excluding carboxylic acids is 2. The highest BCUT2D eigenvalue weighted by Gasteiger charge is 2.23. The van der Waals surface area contributed by atoms with Crippen LogP contribution in [0.1, 0.15) is 24.8 Å². The molecule has 1 aliphatic rings. The second-order valence-electron chi connectivity index (χ2n) is 6.07. The molecule has 7 nitrogen and oxygen atoms in total. The second kappa shape index (κ2) is 8.68. The molecule has 1 saturated heterocycles. The zero-order valence-electron chi connectivity index (χ0n) is 13.9. The summed E-state index contributed by atoms with van der Waals surface area (Å²) in [6.45, 7) is 2.71. The van der Waals surface area contributed by atoms with Gasteiger partial charge in [0.05, 0.1) is 0 Å². The first-order chi connectivity index (χ1) is 12.2. The molecule has 1 unspecified atom stereocenters. The fourth-order valence-electron chi connectivity index (χ4n) is 2.87. The maximum Gasteiger partial charge on any atom is 0.226 e. The van der Waals surface area contributed by atoms with Gasteiger partial charge in [-0.25, -0.2) is 0 Å². The highest BCUT2D eigenvalue weighted by molar-refractivity contribution is 7.13. The first-order valence-electron chi connectivity index (χ1n) is 8.31. The van der Waals surface area contributed by atoms with Crippen molar-refractivity contribution in [1.29, 1.82) is 0 Å². The number of anilines is 1. The van der Waals surface area contributed by atoms with Gasteiger partial charge < -0.3 is 10.6 Å². The topological polar surface area (TPSA) is 87.2 Å². The molecule has 132 valence electrons. The van der Waals surface area contributed by atoms with Gasteiger partial charge in [-0.3, -0.25) is 14.5 Å². The highest BCUT2D eigenvalue weighted by Crippen LogP contribution is 2.14. The van der Waals surface area contributed by atoms with Crippen molar-refractivity contribution in [3.63, 3.8) is 0 Å². The minimum Gasteiger partial charge on any atom is -0.352 e. The van der Waals surface area contributed by atoms with Gasteiger partial charge in [0.1, 0.15) is 5.51 Å². The SMILES string of the molecule is O=C(CCC(=O)NC1CCN(Cc2ccccc2)C1)Nc1nncs1. The van der Waals surface area contributed by atoms with E-state index in [4.69, 9.17) is 0 Å². The average molecular weight is 359 g/mol. The molecule has 8 heteroatoms. The van der Waals surface area contributed by atoms with Crippen LogP contribution in [0.5, 0.6) is 0 Å². The Morgan fingerprint density at radius 3 is 2.76 bits per heavy atom. The van der Waals surface area contributed by atoms with Crippen LogP contribution >= 0.6 is 11.3 Å². The average Bonchev–Trinajstić information content (AvgIpc) is 3.26. The third-order valence-corrected chi connectivity index (χ3v) is 4.68. The summed E-state index contributed by atoms with van der Waals surface area (Å²) in [4.78, 5) is 26.1. The number of nitrogens with one attached hydrogen (secondary N) is 2. The van der Waals surface area contributed by atoms with Crippen molar-refractivity contribution in [3.8, 4) is 0 Å². The lowest BCUT2D eigenvalue weighted by atomic mass is 10.2. The van der Waals surface area contributed by atoms with Crippen molar-refractivity contribution in [1.82, 2.24) is 20.4 Å². The van der Waals surface area contributed by atoms with Gasteiger partial charge in [-0.05, 0) is 12.0 Å². The van der Waals surface area contributed by atoms with Crippen LogP contribution in [0, 0.1) is 0 Å². The molecule has 2 amide bonds. The van der Waals surface area contributed by atoms with E-state index in [1.165, 1.54) is 16.9 Å². The van der Waals surface area contributed by atoms with Crippen molar-refractivity contribution in [3.05, 3.63) is 41.4 Å². The molecule has 0 saturated carbocycles. The Morgan fingerprint density at radius 1 is 1.20 bits per heavy atom. The summed E-state index contributed by atoms with van der Waals surface area (Å²) in [5.41, 5.74) is 2.83. The third kappa shape index (κ3) is 5.61. The lowest BCUT2D eigenvalue weighted by Gasteiger charge is -2.16. The van der Waals surface area contributed by atoms with Gasteiger partial charge in [0.15, 0.2) is 0 Å². The number of benzene rings is 1. The van der Waals surface area contributed by atoms with Crippen LogP contribution in [0.2, 0.25) is 0 Å². The summed E-state index contributed by atoms with van der Waals surface area (Å²) in [5.74, 6) is -0.303. The van der Waals surface area contributed by atoms with E-state index in [0.29, 0.717) is 5.13 Å². The first kappa shape index (κ1) is 17.5. The Kier molecular flexibility index (Phi) is 6.08. The molecule has 2 aromatic rings. The highest BCUT2D eigenvalue weighted by atomic mass is 32.1. The predicted molar refractivity (Wildman–Crippen MR) is 96.0 cm³/mol. The monoisotopic (exact) mass is 359 g/mol. The van der Waals surface area contributed by atoms with Crippen molar-refractivity contribution in [2.24, 2.45) is 0 Å². The van der Waals surface area contributed by atoms with Crippen molar-refractivity contribution in [2.75, 3.05) is 18.4 Å². The summed E-state index contributed by atoms with van der Waals surface area (Å²) in [6, 6.07) is 10.5. The Balaban J connectivity index is 1.35. The maximum absolute atomic E-state index is 12.0. The van der Waals surface area contributed by atoms with E-state index in [-0.39, 0.29) is 30.7 Å². The van der Waals surface area contributed by atoms with Crippen LogP contribution in [0.4, 0.5) is 5.13 Å². The van der Waals surface area contributed by atoms with Gasteiger partial charge in [-0.15, -0.1) is 10.2 Å². The van der Waals surface area contributed by atoms with Crippen LogP contribution in [0.25, 0.3) is 0 Å². The molecule has 1 aromatic carbocycles. The van der Waals surface area contributed by atoms with E-state index in [1.54, 1.807) is 5.51 Å². The first-order valence-corrected chi connectivity index (χ1v) is 9.18. The van der Waals surface area contributed by atoms with Crippen LogP contribution in [-0.4, -0.2) is 46.0 Å². The Morgan fingerprint density at radius 2 is 2.00 bits per heavy atom. The van der Waals surface area contributed by atoms with Gasteiger partial charge >= 0.3 is 0 Å². The number of carbonyl (C=O) groups is 2. The molecule has 1 aromatic heterocycles. The summed E-state index contributed by atoms with van der Waals surface area (Å²) in [7, 11) is 0. The molecule has 3 rings (SSSR count). The number of rotatable bonds is 7. The van der Waals surface area contributed by atoms with E-state index in [2.05, 4.69) is 37.9 Å². The van der Waals surface area contributed by atoms with Crippen molar-refractivity contribution >= 4 is 28.3 Å². The summed E-state index contributed by atoms with van der Waals surface area (Å²) < 4.78 is 0. The zero-order chi connectivity index (χ0) is 17.5. The van der Waals surface area contributed by atoms with Gasteiger partial charge in [0.2, 0.25) is 16.9 Å². The van der Waals surface area contributed by atoms with E-state index < -0.39 is 0 Å². The van der Waals surface area contributed by atoms with E-state index >= 15 is 0 Å². The van der Waals surface area contributed by atoms with Crippen LogP contribution in [0.3, 0.4) is 0 Å². The van der Waals surface area contributed by atoms with E-state index in [0.717, 1.165) is 26.1 Å². The number of hydrogen-bond acceptors (Lipinski definition) is 6. The molecule has 2 N–H and O–H groups in total. The molecule has 1 atom stereocenters. The summed E-state index contributed by atoms with van der Waals surface area (Å²) in [5, 5.41) is 13.5. The van der Waals surface area contributed by atoms with E-state index in [1.807, 2.05) is 18.2 Å². The molecule has 25 heavy (non-hydrogen) atoms. The molecular weight excluding hydrogens is 338 g/mol. The third-order valence-electron chi connectivity index (χ3n) is 4.07. The zero-order valence-corrected chi connectivity index (χ0v) is 14.7. The fraction of sp³-hybridized carbons (Fsp3) is 0.412. The normalized spacial score (nSPS) is 17.4. The second-order valence-corrected chi connectivity index (χ2v) is 6.90. The number of amides is 2. The van der Waals surface area contributed by atoms with Gasteiger partial charge in [-0.2, -0.15) is 0 Å². The maximum atomic E-state index is 12.0.